The molecular formula is C19H22N7O3+. The van der Waals surface area contributed by atoms with Gasteiger partial charge >= 0.3 is 0 Å². The Morgan fingerprint density at radius 1 is 1.14 bits per heavy atom. The number of nitro benzene ring substituents is 1. The lowest BCUT2D eigenvalue weighted by Crippen LogP contribution is -2.83. The quantitative estimate of drug-likeness (QED) is 0.327. The number of nitro groups is 1. The van der Waals surface area contributed by atoms with Crippen molar-refractivity contribution in [2.75, 3.05) is 17.6 Å². The molecule has 150 valence electrons. The van der Waals surface area contributed by atoms with Gasteiger partial charge in [0.1, 0.15) is 19.2 Å². The average Bonchev–Trinajstić information content (AvgIpc) is 2.69. The first-order valence-electron chi connectivity index (χ1n) is 8.99. The lowest BCUT2D eigenvalue weighted by atomic mass is 10.1. The van der Waals surface area contributed by atoms with Crippen molar-refractivity contribution in [1.29, 1.82) is 0 Å². The van der Waals surface area contributed by atoms with Gasteiger partial charge in [-0.1, -0.05) is 17.7 Å². The summed E-state index contributed by atoms with van der Waals surface area (Å²) in [6.07, 6.45) is -0.778. The normalized spacial score (nSPS) is 11.8. The number of aliphatic hydroxyl groups is 1. The third kappa shape index (κ3) is 5.67. The maximum absolute atomic E-state index is 10.7. The van der Waals surface area contributed by atoms with Gasteiger partial charge in [-0.25, -0.2) is 0 Å². The summed E-state index contributed by atoms with van der Waals surface area (Å²) >= 11 is 0. The molecule has 0 saturated heterocycles. The van der Waals surface area contributed by atoms with E-state index in [1.807, 2.05) is 36.5 Å². The number of non-ortho nitro benzene ring substituents is 1. The van der Waals surface area contributed by atoms with Gasteiger partial charge in [0.05, 0.1) is 4.92 Å². The summed E-state index contributed by atoms with van der Waals surface area (Å²) < 4.78 is 0. The first kappa shape index (κ1) is 20.1. The molecule has 10 heteroatoms. The fourth-order valence-corrected chi connectivity index (χ4v) is 2.68. The molecule has 0 unspecified atom stereocenters. The van der Waals surface area contributed by atoms with E-state index in [-0.39, 0.29) is 11.6 Å². The van der Waals surface area contributed by atoms with Crippen LogP contribution in [0.15, 0.2) is 48.5 Å². The number of hydrogen-bond acceptors (Lipinski definition) is 8. The number of hydrogen-bond donors (Lipinski definition) is 4. The van der Waals surface area contributed by atoms with Crippen LogP contribution in [0.4, 0.5) is 23.3 Å². The first-order chi connectivity index (χ1) is 13.9. The van der Waals surface area contributed by atoms with E-state index in [0.717, 1.165) is 11.3 Å². The van der Waals surface area contributed by atoms with E-state index in [0.29, 0.717) is 30.4 Å². The summed E-state index contributed by atoms with van der Waals surface area (Å²) in [7, 11) is 0. The van der Waals surface area contributed by atoms with Gasteiger partial charge in [0.25, 0.3) is 5.69 Å². The predicted molar refractivity (Wildman–Crippen MR) is 107 cm³/mol. The van der Waals surface area contributed by atoms with E-state index in [1.165, 1.54) is 12.1 Å². The highest BCUT2D eigenvalue weighted by molar-refractivity contribution is 5.54. The second-order valence-corrected chi connectivity index (χ2v) is 6.52. The molecule has 2 aromatic carbocycles. The molecule has 3 aromatic rings. The molecule has 0 aliphatic heterocycles. The molecule has 0 aliphatic rings. The van der Waals surface area contributed by atoms with Gasteiger partial charge in [-0.3, -0.25) is 10.1 Å². The van der Waals surface area contributed by atoms with Crippen LogP contribution in [0.3, 0.4) is 0 Å². The molecule has 0 fully saturated rings. The highest BCUT2D eigenvalue weighted by Crippen LogP contribution is 2.17. The number of aromatic nitrogens is 3. The van der Waals surface area contributed by atoms with Crippen LogP contribution in [-0.4, -0.2) is 31.5 Å². The Labute approximate surface area is 167 Å². The molecular weight excluding hydrogens is 374 g/mol. The summed E-state index contributed by atoms with van der Waals surface area (Å²) in [5, 5.41) is 25.9. The van der Waals surface area contributed by atoms with Gasteiger partial charge in [-0.15, -0.1) is 0 Å². The molecule has 0 amide bonds. The highest BCUT2D eigenvalue weighted by Gasteiger charge is 2.13. The number of anilines is 3. The molecule has 1 atom stereocenters. The van der Waals surface area contributed by atoms with Crippen LogP contribution in [0.25, 0.3) is 0 Å². The molecule has 0 radical (unpaired) electrons. The Hall–Kier alpha value is -3.63. The van der Waals surface area contributed by atoms with Crippen molar-refractivity contribution >= 4 is 23.3 Å². The van der Waals surface area contributed by atoms with Crippen molar-refractivity contribution in [2.24, 2.45) is 0 Å². The number of nitrogen functional groups attached to an aromatic ring is 1. The van der Waals surface area contributed by atoms with E-state index in [4.69, 9.17) is 5.73 Å². The van der Waals surface area contributed by atoms with E-state index in [2.05, 4.69) is 20.3 Å². The van der Waals surface area contributed by atoms with Gasteiger partial charge < -0.3 is 21.5 Å². The number of aryl methyl sites for hydroxylation is 1. The Kier molecular flexibility index (Phi) is 6.27. The molecule has 1 aromatic heterocycles. The number of quaternary nitrogens is 1. The zero-order valence-electron chi connectivity index (χ0n) is 15.8. The average molecular weight is 396 g/mol. The third-order valence-corrected chi connectivity index (χ3v) is 4.21. The highest BCUT2D eigenvalue weighted by atomic mass is 16.6. The van der Waals surface area contributed by atoms with Gasteiger partial charge in [-0.2, -0.15) is 15.0 Å². The molecule has 29 heavy (non-hydrogen) atoms. The number of nitrogens with zero attached hydrogens (tertiary/aromatic N) is 4. The minimum Gasteiger partial charge on any atom is -0.382 e. The second kappa shape index (κ2) is 9.04. The van der Waals surface area contributed by atoms with Gasteiger partial charge in [-0.05, 0) is 36.8 Å². The largest absolute Gasteiger partial charge is 0.382 e. The van der Waals surface area contributed by atoms with Crippen molar-refractivity contribution < 1.29 is 15.3 Å². The van der Waals surface area contributed by atoms with E-state index < -0.39 is 11.0 Å². The van der Waals surface area contributed by atoms with Crippen LogP contribution in [0.5, 0.6) is 0 Å². The monoisotopic (exact) mass is 396 g/mol. The van der Waals surface area contributed by atoms with Crippen LogP contribution in [0.2, 0.25) is 0 Å². The fraction of sp³-hybridized carbons (Fsp3) is 0.211. The molecule has 0 aliphatic carbocycles. The molecule has 3 rings (SSSR count). The summed E-state index contributed by atoms with van der Waals surface area (Å²) in [5.74, 6) is 0.928. The SMILES string of the molecule is Cc1ccc(Nc2nc(N)nc(C[NH2+]C[C@H](O)c3ccc([N+](=O)[O-])cc3)n2)cc1. The Morgan fingerprint density at radius 2 is 1.83 bits per heavy atom. The van der Waals surface area contributed by atoms with E-state index in [1.54, 1.807) is 12.1 Å². The zero-order valence-corrected chi connectivity index (χ0v) is 15.8. The fourth-order valence-electron chi connectivity index (χ4n) is 2.68. The van der Waals surface area contributed by atoms with Gasteiger partial charge in [0, 0.05) is 17.8 Å². The Bertz CT molecular complexity index is 978. The van der Waals surface area contributed by atoms with Crippen molar-refractivity contribution in [2.45, 2.75) is 19.6 Å². The predicted octanol–water partition coefficient (Wildman–Crippen LogP) is 1.21. The Morgan fingerprint density at radius 3 is 2.48 bits per heavy atom. The van der Waals surface area contributed by atoms with Crippen molar-refractivity contribution in [3.8, 4) is 0 Å². The van der Waals surface area contributed by atoms with E-state index in [9.17, 15) is 15.2 Å². The van der Waals surface area contributed by atoms with Crippen molar-refractivity contribution in [1.82, 2.24) is 15.0 Å². The van der Waals surface area contributed by atoms with Crippen molar-refractivity contribution in [3.63, 3.8) is 0 Å². The maximum Gasteiger partial charge on any atom is 0.269 e. The van der Waals surface area contributed by atoms with Crippen LogP contribution in [0, 0.1) is 17.0 Å². The number of nitrogens with one attached hydrogen (secondary N) is 1. The summed E-state index contributed by atoms with van der Waals surface area (Å²) in [5.41, 5.74) is 8.35. The standard InChI is InChI=1S/C19H21N7O3/c1-12-2-6-14(7-3-12)22-19-24-17(23-18(20)25-19)11-21-10-16(27)13-4-8-15(9-5-13)26(28)29/h2-9,16,21,27H,10-11H2,1H3,(H3,20,22,23,24,25)/p+1/t16-/m0/s1. The van der Waals surface area contributed by atoms with E-state index >= 15 is 0 Å². The molecule has 6 N–H and O–H groups in total. The second-order valence-electron chi connectivity index (χ2n) is 6.52. The lowest BCUT2D eigenvalue weighted by molar-refractivity contribution is -0.678. The third-order valence-electron chi connectivity index (χ3n) is 4.21. The van der Waals surface area contributed by atoms with Crippen LogP contribution < -0.4 is 16.4 Å². The number of aliphatic hydroxyl groups excluding tert-OH is 1. The summed E-state index contributed by atoms with van der Waals surface area (Å²) in [6.45, 7) is 2.73. The molecule has 0 spiro atoms. The lowest BCUT2D eigenvalue weighted by Gasteiger charge is -2.10. The molecule has 1 heterocycles. The van der Waals surface area contributed by atoms with Gasteiger partial charge in [0.2, 0.25) is 11.9 Å². The zero-order chi connectivity index (χ0) is 20.8. The molecule has 0 saturated carbocycles. The van der Waals surface area contributed by atoms with Crippen molar-refractivity contribution in [3.05, 3.63) is 75.6 Å². The number of nitrogens with two attached hydrogens (primary N) is 2. The summed E-state index contributed by atoms with van der Waals surface area (Å²) in [6, 6.07) is 13.6. The first-order valence-corrected chi connectivity index (χ1v) is 8.99. The topological polar surface area (TPSA) is 157 Å². The van der Waals surface area contributed by atoms with Crippen LogP contribution >= 0.6 is 0 Å². The van der Waals surface area contributed by atoms with Crippen LogP contribution in [-0.2, 0) is 6.54 Å². The minimum atomic E-state index is -0.778. The molecule has 10 nitrogen and oxygen atoms in total. The van der Waals surface area contributed by atoms with Crippen LogP contribution in [0.1, 0.15) is 23.1 Å². The molecule has 0 bridgehead atoms. The smallest absolute Gasteiger partial charge is 0.269 e. The summed E-state index contributed by atoms with van der Waals surface area (Å²) in [4.78, 5) is 22.8. The van der Waals surface area contributed by atoms with Gasteiger partial charge in [0.15, 0.2) is 5.82 Å². The number of rotatable bonds is 8. The Balaban J connectivity index is 1.58. The maximum atomic E-state index is 10.7. The minimum absolute atomic E-state index is 0.0146. The number of benzene rings is 2.